The Morgan fingerprint density at radius 1 is 0.579 bits per heavy atom. The van der Waals surface area contributed by atoms with Gasteiger partial charge in [0.2, 0.25) is 0 Å². The maximum Gasteiger partial charge on any atom is 4.00 e. The Balaban J connectivity index is 0. The summed E-state index contributed by atoms with van der Waals surface area (Å²) >= 11 is 0. The summed E-state index contributed by atoms with van der Waals surface area (Å²) in [5.74, 6) is 0. The molecule has 2 radical (unpaired) electrons. The first-order valence-corrected chi connectivity index (χ1v) is 14.5. The van der Waals surface area contributed by atoms with E-state index in [9.17, 15) is 0 Å². The molecule has 4 aromatic rings. The molecule has 0 fully saturated rings. The molecular weight excluding hydrogens is 557 g/mol. The number of fused-ring (bicyclic) bond motifs is 1. The van der Waals surface area contributed by atoms with E-state index in [1.807, 2.05) is 0 Å². The molecule has 0 aliphatic rings. The molecule has 1 N–H and O–H groups in total. The Kier molecular flexibility index (Phi) is 28.0. The van der Waals surface area contributed by atoms with Crippen LogP contribution >= 0.6 is 0 Å². The van der Waals surface area contributed by atoms with Gasteiger partial charge in [-0.15, -0.1) is 29.7 Å². The van der Waals surface area contributed by atoms with E-state index in [0.29, 0.717) is 6.54 Å². The summed E-state index contributed by atoms with van der Waals surface area (Å²) in [6.45, 7) is 2.89. The van der Waals surface area contributed by atoms with Crippen molar-refractivity contribution in [3.05, 3.63) is 109 Å². The molecule has 0 amide bonds. The van der Waals surface area contributed by atoms with Gasteiger partial charge < -0.3 is 30.5 Å². The predicted octanol–water partition coefficient (Wildman–Crippen LogP) is 2.87. The fraction of sp³-hybridized carbons (Fsp3) is 0.364. The first-order valence-electron chi connectivity index (χ1n) is 13.5. The summed E-state index contributed by atoms with van der Waals surface area (Å²) in [5, 5.41) is 5.46. The van der Waals surface area contributed by atoms with Crippen LogP contribution in [-0.4, -0.2) is 16.1 Å². The van der Waals surface area contributed by atoms with E-state index in [2.05, 4.69) is 110 Å². The molecule has 4 rings (SSSR count). The van der Waals surface area contributed by atoms with Gasteiger partial charge in [-0.05, 0) is 0 Å². The molecule has 0 bridgehead atoms. The summed E-state index contributed by atoms with van der Waals surface area (Å²) in [7, 11) is 0.777. The number of benzene rings is 3. The van der Waals surface area contributed by atoms with Crippen molar-refractivity contribution in [3.63, 3.8) is 0 Å². The number of nitrogens with one attached hydrogen (secondary N) is 1. The molecular formula is C33H43Cl2NSiTi. The third kappa shape index (κ3) is 18.9. The Morgan fingerprint density at radius 3 is 1.50 bits per heavy atom. The molecule has 0 aliphatic heterocycles. The normalized spacial score (nSPS) is 9.42. The van der Waals surface area contributed by atoms with Crippen LogP contribution in [0.2, 0.25) is 0 Å². The molecule has 0 unspecified atom stereocenters. The van der Waals surface area contributed by atoms with E-state index in [-0.39, 0.29) is 46.5 Å². The van der Waals surface area contributed by atoms with Crippen molar-refractivity contribution in [2.24, 2.45) is 0 Å². The van der Waals surface area contributed by atoms with Crippen molar-refractivity contribution in [2.45, 2.75) is 71.1 Å². The standard InChI is InChI=1S/C12H26N.C12H10Si.C9H7.2ClH.Ti/c1-2-3-4-5-6-7-8-9-10-11-12-13;1-3-7-11(8-4-1)13-12-9-5-2-6-10-12;1-2-5-9-7-3-6-8(9)4-1;;;/h13H,2-12H2,1H3;1-10H;1-7H;2*1H;/q-1;;-1;;;+4/p-2. The molecule has 0 aromatic heterocycles. The van der Waals surface area contributed by atoms with Gasteiger partial charge in [0.05, 0.1) is 0 Å². The number of unbranched alkanes of at least 4 members (excludes halogenated alkanes) is 9. The Bertz CT molecular complexity index is 918. The SMILES string of the molecule is CCCCCCCCCCCC[NH-].[Cl-].[Cl-].[Ti+4].c1ccc([Si]c2ccccc2)cc1.c1ccc2[cH-]ccc2c1. The summed E-state index contributed by atoms with van der Waals surface area (Å²) in [5.41, 5.74) is 7.00. The average Bonchev–Trinajstić information content (AvgIpc) is 3.39. The van der Waals surface area contributed by atoms with Crippen LogP contribution in [-0.2, 0) is 21.7 Å². The number of halogens is 2. The molecule has 0 atom stereocenters. The van der Waals surface area contributed by atoms with Crippen LogP contribution in [0, 0.1) is 0 Å². The van der Waals surface area contributed by atoms with Crippen molar-refractivity contribution in [1.82, 2.24) is 0 Å². The maximum atomic E-state index is 7.00. The van der Waals surface area contributed by atoms with Crippen LogP contribution in [0.15, 0.2) is 103 Å². The van der Waals surface area contributed by atoms with Crippen LogP contribution in [0.5, 0.6) is 0 Å². The molecule has 0 saturated heterocycles. The zero-order chi connectivity index (χ0) is 24.8. The topological polar surface area (TPSA) is 23.8 Å². The minimum Gasteiger partial charge on any atom is -1.00 e. The van der Waals surface area contributed by atoms with Crippen molar-refractivity contribution < 1.29 is 46.5 Å². The third-order valence-corrected chi connectivity index (χ3v) is 7.16. The van der Waals surface area contributed by atoms with Gasteiger partial charge in [-0.3, -0.25) is 0 Å². The first-order chi connectivity index (χ1) is 17.3. The van der Waals surface area contributed by atoms with Gasteiger partial charge in [-0.1, -0.05) is 148 Å². The monoisotopic (exact) mass is 599 g/mol. The van der Waals surface area contributed by atoms with E-state index in [0.717, 1.165) is 15.9 Å². The van der Waals surface area contributed by atoms with Crippen LogP contribution < -0.4 is 35.2 Å². The van der Waals surface area contributed by atoms with Crippen molar-refractivity contribution in [3.8, 4) is 0 Å². The van der Waals surface area contributed by atoms with E-state index < -0.39 is 0 Å². The minimum atomic E-state index is 0. The minimum absolute atomic E-state index is 0. The smallest absolute Gasteiger partial charge is 1.00 e. The van der Waals surface area contributed by atoms with Gasteiger partial charge in [0.1, 0.15) is 9.52 Å². The van der Waals surface area contributed by atoms with E-state index in [1.165, 1.54) is 78.9 Å². The van der Waals surface area contributed by atoms with Gasteiger partial charge in [0.15, 0.2) is 0 Å². The molecule has 38 heavy (non-hydrogen) atoms. The predicted molar refractivity (Wildman–Crippen MR) is 158 cm³/mol. The van der Waals surface area contributed by atoms with Gasteiger partial charge >= 0.3 is 21.7 Å². The first kappa shape index (κ1) is 38.9. The molecule has 202 valence electrons. The fourth-order valence-electron chi connectivity index (χ4n) is 3.89. The van der Waals surface area contributed by atoms with Crippen molar-refractivity contribution in [1.29, 1.82) is 0 Å². The van der Waals surface area contributed by atoms with Crippen LogP contribution in [0.25, 0.3) is 16.5 Å². The van der Waals surface area contributed by atoms with Gasteiger partial charge in [0.25, 0.3) is 0 Å². The zero-order valence-electron chi connectivity index (χ0n) is 22.8. The van der Waals surface area contributed by atoms with E-state index in [1.54, 1.807) is 0 Å². The summed E-state index contributed by atoms with van der Waals surface area (Å²) in [4.78, 5) is 0. The Labute approximate surface area is 262 Å². The van der Waals surface area contributed by atoms with Crippen LogP contribution in [0.1, 0.15) is 71.1 Å². The molecule has 1 nitrogen and oxygen atoms in total. The van der Waals surface area contributed by atoms with Crippen molar-refractivity contribution >= 4 is 30.7 Å². The molecule has 0 saturated carbocycles. The third-order valence-electron chi connectivity index (χ3n) is 5.91. The van der Waals surface area contributed by atoms with Crippen LogP contribution in [0.3, 0.4) is 0 Å². The largest absolute Gasteiger partial charge is 4.00 e. The van der Waals surface area contributed by atoms with Gasteiger partial charge in [-0.2, -0.15) is 24.1 Å². The molecule has 0 aliphatic carbocycles. The van der Waals surface area contributed by atoms with Gasteiger partial charge in [0, 0.05) is 0 Å². The summed E-state index contributed by atoms with van der Waals surface area (Å²) in [6.07, 6.45) is 13.6. The Morgan fingerprint density at radius 2 is 1.03 bits per heavy atom. The summed E-state index contributed by atoms with van der Waals surface area (Å²) in [6, 6.07) is 35.8. The van der Waals surface area contributed by atoms with Crippen molar-refractivity contribution in [2.75, 3.05) is 6.54 Å². The number of rotatable bonds is 12. The quantitative estimate of drug-likeness (QED) is 0.136. The molecule has 0 heterocycles. The number of hydrogen-bond donors (Lipinski definition) is 0. The summed E-state index contributed by atoms with van der Waals surface area (Å²) < 4.78 is 0. The zero-order valence-corrected chi connectivity index (χ0v) is 26.9. The van der Waals surface area contributed by atoms with E-state index >= 15 is 0 Å². The van der Waals surface area contributed by atoms with Gasteiger partial charge in [-0.25, -0.2) is 0 Å². The second-order valence-corrected chi connectivity index (χ2v) is 10.3. The average molecular weight is 601 g/mol. The Hall–Kier alpha value is -1.26. The van der Waals surface area contributed by atoms with Crippen LogP contribution in [0.4, 0.5) is 0 Å². The fourth-order valence-corrected chi connectivity index (χ4v) is 4.94. The maximum absolute atomic E-state index is 7.00. The number of hydrogen-bond acceptors (Lipinski definition) is 0. The second-order valence-electron chi connectivity index (χ2n) is 8.94. The van der Waals surface area contributed by atoms with E-state index in [4.69, 9.17) is 5.73 Å². The molecule has 5 heteroatoms. The molecule has 4 aromatic carbocycles. The molecule has 0 spiro atoms. The second kappa shape index (κ2) is 27.3.